The van der Waals surface area contributed by atoms with Gasteiger partial charge in [-0.3, -0.25) is 4.79 Å². The SMILES string of the molecule is NCC1CCC(C(=O)NCCCOc2ccccc2)O1. The average molecular weight is 278 g/mol. The van der Waals surface area contributed by atoms with Gasteiger partial charge in [-0.1, -0.05) is 18.2 Å². The molecule has 1 fully saturated rings. The van der Waals surface area contributed by atoms with Crippen LogP contribution in [0.15, 0.2) is 30.3 Å². The van der Waals surface area contributed by atoms with E-state index in [-0.39, 0.29) is 18.1 Å². The van der Waals surface area contributed by atoms with Crippen LogP contribution in [0.2, 0.25) is 0 Å². The Hall–Kier alpha value is -1.59. The van der Waals surface area contributed by atoms with E-state index in [0.29, 0.717) is 19.7 Å². The van der Waals surface area contributed by atoms with Gasteiger partial charge in [0.15, 0.2) is 0 Å². The minimum atomic E-state index is -0.335. The molecule has 0 radical (unpaired) electrons. The zero-order valence-corrected chi connectivity index (χ0v) is 11.6. The molecule has 1 saturated heterocycles. The molecule has 3 N–H and O–H groups in total. The summed E-state index contributed by atoms with van der Waals surface area (Å²) in [6, 6.07) is 9.64. The number of hydrogen-bond donors (Lipinski definition) is 2. The van der Waals surface area contributed by atoms with Crippen molar-refractivity contribution in [1.82, 2.24) is 5.32 Å². The van der Waals surface area contributed by atoms with E-state index in [0.717, 1.165) is 25.0 Å². The van der Waals surface area contributed by atoms with E-state index in [1.807, 2.05) is 30.3 Å². The Morgan fingerprint density at radius 2 is 2.15 bits per heavy atom. The molecule has 20 heavy (non-hydrogen) atoms. The Labute approximate surface area is 119 Å². The molecule has 0 saturated carbocycles. The number of hydrogen-bond acceptors (Lipinski definition) is 4. The summed E-state index contributed by atoms with van der Waals surface area (Å²) in [5.41, 5.74) is 5.52. The molecule has 5 heteroatoms. The maximum absolute atomic E-state index is 11.8. The lowest BCUT2D eigenvalue weighted by Gasteiger charge is -2.12. The van der Waals surface area contributed by atoms with Crippen molar-refractivity contribution in [3.63, 3.8) is 0 Å². The summed E-state index contributed by atoms with van der Waals surface area (Å²) in [5, 5.41) is 2.87. The first kappa shape index (κ1) is 14.8. The van der Waals surface area contributed by atoms with Crippen LogP contribution in [0.3, 0.4) is 0 Å². The van der Waals surface area contributed by atoms with Gasteiger partial charge in [-0.2, -0.15) is 0 Å². The second kappa shape index (κ2) is 7.87. The van der Waals surface area contributed by atoms with Gasteiger partial charge in [-0.15, -0.1) is 0 Å². The van der Waals surface area contributed by atoms with Crippen LogP contribution in [0, 0.1) is 0 Å². The maximum Gasteiger partial charge on any atom is 0.249 e. The number of amides is 1. The summed E-state index contributed by atoms with van der Waals surface area (Å²) in [5.74, 6) is 0.810. The Balaban J connectivity index is 1.56. The largest absolute Gasteiger partial charge is 0.494 e. The van der Waals surface area contributed by atoms with Crippen LogP contribution in [-0.4, -0.2) is 37.8 Å². The topological polar surface area (TPSA) is 73.6 Å². The molecule has 0 bridgehead atoms. The van der Waals surface area contributed by atoms with Crippen molar-refractivity contribution in [3.8, 4) is 5.75 Å². The second-order valence-corrected chi connectivity index (χ2v) is 4.87. The van der Waals surface area contributed by atoms with Gasteiger partial charge in [0.1, 0.15) is 11.9 Å². The van der Waals surface area contributed by atoms with E-state index in [1.54, 1.807) is 0 Å². The standard InChI is InChI=1S/C15H22N2O3/c16-11-13-7-8-14(20-13)15(18)17-9-4-10-19-12-5-2-1-3-6-12/h1-3,5-6,13-14H,4,7-11,16H2,(H,17,18). The second-order valence-electron chi connectivity index (χ2n) is 4.87. The van der Waals surface area contributed by atoms with Crippen LogP contribution in [0.25, 0.3) is 0 Å². The summed E-state index contributed by atoms with van der Waals surface area (Å²) in [4.78, 5) is 11.8. The summed E-state index contributed by atoms with van der Waals surface area (Å²) in [6.07, 6.45) is 2.10. The van der Waals surface area contributed by atoms with Gasteiger partial charge in [0.05, 0.1) is 12.7 Å². The summed E-state index contributed by atoms with van der Waals surface area (Å²) in [7, 11) is 0. The lowest BCUT2D eigenvalue weighted by molar-refractivity contribution is -0.131. The van der Waals surface area contributed by atoms with Gasteiger partial charge in [-0.05, 0) is 31.4 Å². The van der Waals surface area contributed by atoms with Crippen LogP contribution in [0.4, 0.5) is 0 Å². The monoisotopic (exact) mass is 278 g/mol. The molecule has 1 aromatic rings. The van der Waals surface area contributed by atoms with Crippen LogP contribution in [0.1, 0.15) is 19.3 Å². The van der Waals surface area contributed by atoms with E-state index < -0.39 is 0 Å². The molecule has 2 atom stereocenters. The predicted octanol–water partition coefficient (Wildman–Crippen LogP) is 1.08. The van der Waals surface area contributed by atoms with Crippen molar-refractivity contribution < 1.29 is 14.3 Å². The van der Waals surface area contributed by atoms with Gasteiger partial charge in [-0.25, -0.2) is 0 Å². The molecule has 2 rings (SSSR count). The number of rotatable bonds is 7. The van der Waals surface area contributed by atoms with Crippen LogP contribution in [-0.2, 0) is 9.53 Å². The number of carbonyl (C=O) groups excluding carboxylic acids is 1. The minimum Gasteiger partial charge on any atom is -0.494 e. The summed E-state index contributed by atoms with van der Waals surface area (Å²) < 4.78 is 11.1. The quantitative estimate of drug-likeness (QED) is 0.732. The van der Waals surface area contributed by atoms with E-state index in [9.17, 15) is 4.79 Å². The van der Waals surface area contributed by atoms with E-state index >= 15 is 0 Å². The molecular formula is C15H22N2O3. The van der Waals surface area contributed by atoms with Crippen molar-refractivity contribution >= 4 is 5.91 Å². The first-order valence-electron chi connectivity index (χ1n) is 7.10. The Morgan fingerprint density at radius 3 is 2.85 bits per heavy atom. The molecule has 110 valence electrons. The van der Waals surface area contributed by atoms with E-state index in [1.165, 1.54) is 0 Å². The van der Waals surface area contributed by atoms with Crippen molar-refractivity contribution in [2.75, 3.05) is 19.7 Å². The predicted molar refractivity (Wildman–Crippen MR) is 76.5 cm³/mol. The molecule has 0 spiro atoms. The summed E-state index contributed by atoms with van der Waals surface area (Å²) >= 11 is 0. The zero-order chi connectivity index (χ0) is 14.2. The van der Waals surface area contributed by atoms with Crippen molar-refractivity contribution in [3.05, 3.63) is 30.3 Å². The Kier molecular flexibility index (Phi) is 5.83. The maximum atomic E-state index is 11.8. The van der Waals surface area contributed by atoms with Gasteiger partial charge >= 0.3 is 0 Å². The number of benzene rings is 1. The van der Waals surface area contributed by atoms with Crippen molar-refractivity contribution in [2.24, 2.45) is 5.73 Å². The Bertz CT molecular complexity index is 411. The normalized spacial score (nSPS) is 21.6. The van der Waals surface area contributed by atoms with E-state index in [4.69, 9.17) is 15.2 Å². The lowest BCUT2D eigenvalue weighted by Crippen LogP contribution is -2.36. The summed E-state index contributed by atoms with van der Waals surface area (Å²) in [6.45, 7) is 1.66. The van der Waals surface area contributed by atoms with Gasteiger partial charge in [0, 0.05) is 13.1 Å². The minimum absolute atomic E-state index is 0.0344. The molecule has 2 unspecified atom stereocenters. The third-order valence-electron chi connectivity index (χ3n) is 3.30. The van der Waals surface area contributed by atoms with Gasteiger partial charge < -0.3 is 20.5 Å². The van der Waals surface area contributed by atoms with Crippen LogP contribution < -0.4 is 15.8 Å². The highest BCUT2D eigenvalue weighted by Gasteiger charge is 2.29. The highest BCUT2D eigenvalue weighted by molar-refractivity contribution is 5.80. The molecule has 5 nitrogen and oxygen atoms in total. The van der Waals surface area contributed by atoms with Crippen molar-refractivity contribution in [1.29, 1.82) is 0 Å². The molecule has 1 heterocycles. The fourth-order valence-electron chi connectivity index (χ4n) is 2.18. The molecule has 1 aromatic carbocycles. The number of nitrogens with one attached hydrogen (secondary N) is 1. The van der Waals surface area contributed by atoms with Crippen LogP contribution in [0.5, 0.6) is 5.75 Å². The number of carbonyl (C=O) groups is 1. The first-order chi connectivity index (χ1) is 9.79. The van der Waals surface area contributed by atoms with Gasteiger partial charge in [0.2, 0.25) is 5.91 Å². The lowest BCUT2D eigenvalue weighted by atomic mass is 10.2. The third kappa shape index (κ3) is 4.51. The fourth-order valence-corrected chi connectivity index (χ4v) is 2.18. The number of para-hydroxylation sites is 1. The number of nitrogens with two attached hydrogens (primary N) is 1. The van der Waals surface area contributed by atoms with Gasteiger partial charge in [0.25, 0.3) is 0 Å². The molecule has 1 aliphatic rings. The average Bonchev–Trinajstić information content (AvgIpc) is 2.97. The highest BCUT2D eigenvalue weighted by Crippen LogP contribution is 2.18. The molecule has 1 amide bonds. The third-order valence-corrected chi connectivity index (χ3v) is 3.30. The smallest absolute Gasteiger partial charge is 0.249 e. The zero-order valence-electron chi connectivity index (χ0n) is 11.6. The molecule has 0 aliphatic carbocycles. The Morgan fingerprint density at radius 1 is 1.35 bits per heavy atom. The van der Waals surface area contributed by atoms with E-state index in [2.05, 4.69) is 5.32 Å². The van der Waals surface area contributed by atoms with Crippen LogP contribution >= 0.6 is 0 Å². The number of ether oxygens (including phenoxy) is 2. The fraction of sp³-hybridized carbons (Fsp3) is 0.533. The molecule has 0 aromatic heterocycles. The first-order valence-corrected chi connectivity index (χ1v) is 7.10. The molecule has 1 aliphatic heterocycles. The molecular weight excluding hydrogens is 256 g/mol. The highest BCUT2D eigenvalue weighted by atomic mass is 16.5. The van der Waals surface area contributed by atoms with Crippen molar-refractivity contribution in [2.45, 2.75) is 31.5 Å².